The van der Waals surface area contributed by atoms with Crippen molar-refractivity contribution in [2.75, 3.05) is 23.7 Å². The lowest BCUT2D eigenvalue weighted by molar-refractivity contribution is 0.0914. The van der Waals surface area contributed by atoms with E-state index in [-0.39, 0.29) is 30.4 Å². The number of nitrogens with one attached hydrogen (secondary N) is 4. The minimum atomic E-state index is -0.339. The Morgan fingerprint density at radius 1 is 1.07 bits per heavy atom. The van der Waals surface area contributed by atoms with Crippen LogP contribution in [0.4, 0.5) is 16.2 Å². The second-order valence-corrected chi connectivity index (χ2v) is 7.02. The Bertz CT molecular complexity index is 813. The molecule has 0 radical (unpaired) electrons. The number of piperidine rings is 1. The van der Waals surface area contributed by atoms with Gasteiger partial charge in [-0.05, 0) is 62.2 Å². The normalized spacial score (nSPS) is 18.5. The SMILES string of the molecule is Cc1ccc(C(=O)NC2CCNCC2C)cc1NC(=O)Nc1ccccc1.Cl. The summed E-state index contributed by atoms with van der Waals surface area (Å²) < 4.78 is 0. The predicted molar refractivity (Wildman–Crippen MR) is 115 cm³/mol. The van der Waals surface area contributed by atoms with Crippen molar-refractivity contribution in [3.05, 3.63) is 59.7 Å². The van der Waals surface area contributed by atoms with Crippen molar-refractivity contribution in [1.29, 1.82) is 0 Å². The zero-order valence-electron chi connectivity index (χ0n) is 16.1. The van der Waals surface area contributed by atoms with Crippen LogP contribution in [0.25, 0.3) is 0 Å². The Hall–Kier alpha value is -2.57. The fourth-order valence-electron chi connectivity index (χ4n) is 3.18. The second-order valence-electron chi connectivity index (χ2n) is 7.02. The van der Waals surface area contributed by atoms with Gasteiger partial charge in [-0.25, -0.2) is 4.79 Å². The lowest BCUT2D eigenvalue weighted by atomic mass is 9.95. The number of anilines is 2. The molecule has 2 atom stereocenters. The Kier molecular flexibility index (Phi) is 7.84. The van der Waals surface area contributed by atoms with Crippen LogP contribution in [0, 0.1) is 12.8 Å². The Morgan fingerprint density at radius 2 is 1.82 bits per heavy atom. The van der Waals surface area contributed by atoms with Crippen LogP contribution in [-0.2, 0) is 0 Å². The van der Waals surface area contributed by atoms with Crippen LogP contribution >= 0.6 is 12.4 Å². The first-order valence-corrected chi connectivity index (χ1v) is 9.28. The summed E-state index contributed by atoms with van der Waals surface area (Å²) in [7, 11) is 0. The fourth-order valence-corrected chi connectivity index (χ4v) is 3.18. The zero-order valence-corrected chi connectivity index (χ0v) is 16.9. The first-order valence-electron chi connectivity index (χ1n) is 9.28. The smallest absolute Gasteiger partial charge is 0.323 e. The number of urea groups is 1. The van der Waals surface area contributed by atoms with Crippen molar-refractivity contribution in [2.45, 2.75) is 26.3 Å². The quantitative estimate of drug-likeness (QED) is 0.628. The number of aryl methyl sites for hydroxylation is 1. The number of amides is 3. The average molecular weight is 403 g/mol. The Labute approximate surface area is 171 Å². The molecule has 150 valence electrons. The highest BCUT2D eigenvalue weighted by atomic mass is 35.5. The van der Waals surface area contributed by atoms with Crippen molar-refractivity contribution in [3.63, 3.8) is 0 Å². The van der Waals surface area contributed by atoms with Crippen molar-refractivity contribution in [2.24, 2.45) is 5.92 Å². The van der Waals surface area contributed by atoms with Crippen molar-refractivity contribution < 1.29 is 9.59 Å². The molecule has 2 aromatic rings. The van der Waals surface area contributed by atoms with Crippen LogP contribution < -0.4 is 21.3 Å². The molecule has 0 aromatic heterocycles. The van der Waals surface area contributed by atoms with Crippen LogP contribution in [0.1, 0.15) is 29.3 Å². The molecule has 0 bridgehead atoms. The van der Waals surface area contributed by atoms with Crippen LogP contribution in [-0.4, -0.2) is 31.1 Å². The summed E-state index contributed by atoms with van der Waals surface area (Å²) in [6, 6.07) is 14.4. The van der Waals surface area contributed by atoms with Crippen LogP contribution in [0.3, 0.4) is 0 Å². The molecule has 1 heterocycles. The molecule has 6 nitrogen and oxygen atoms in total. The van der Waals surface area contributed by atoms with E-state index in [1.165, 1.54) is 0 Å². The van der Waals surface area contributed by atoms with E-state index in [1.807, 2.05) is 43.3 Å². The molecular weight excluding hydrogens is 376 g/mol. The van der Waals surface area contributed by atoms with Crippen molar-refractivity contribution >= 4 is 35.7 Å². The van der Waals surface area contributed by atoms with Gasteiger partial charge in [-0.15, -0.1) is 12.4 Å². The Balaban J connectivity index is 0.00000280. The van der Waals surface area contributed by atoms with Crippen molar-refractivity contribution in [1.82, 2.24) is 10.6 Å². The second kappa shape index (κ2) is 10.1. The van der Waals surface area contributed by atoms with E-state index in [0.717, 1.165) is 25.1 Å². The van der Waals surface area contributed by atoms with Crippen LogP contribution in [0.2, 0.25) is 0 Å². The predicted octanol–water partition coefficient (Wildman–Crippen LogP) is 3.79. The molecule has 7 heteroatoms. The van der Waals surface area contributed by atoms with E-state index in [4.69, 9.17) is 0 Å². The number of hydrogen-bond donors (Lipinski definition) is 4. The largest absolute Gasteiger partial charge is 0.349 e. The molecule has 0 aliphatic carbocycles. The minimum Gasteiger partial charge on any atom is -0.349 e. The number of hydrogen-bond acceptors (Lipinski definition) is 3. The zero-order chi connectivity index (χ0) is 19.2. The van der Waals surface area contributed by atoms with Gasteiger partial charge in [0.25, 0.3) is 5.91 Å². The topological polar surface area (TPSA) is 82.3 Å². The maximum Gasteiger partial charge on any atom is 0.323 e. The van der Waals surface area contributed by atoms with Crippen LogP contribution in [0.15, 0.2) is 48.5 Å². The lowest BCUT2D eigenvalue weighted by Crippen LogP contribution is -2.48. The van der Waals surface area contributed by atoms with Gasteiger partial charge < -0.3 is 21.3 Å². The van der Waals surface area contributed by atoms with Gasteiger partial charge in [-0.1, -0.05) is 31.2 Å². The van der Waals surface area contributed by atoms with E-state index in [0.29, 0.717) is 22.9 Å². The highest BCUT2D eigenvalue weighted by molar-refractivity contribution is 6.02. The fraction of sp³-hybridized carbons (Fsp3) is 0.333. The van der Waals surface area contributed by atoms with Gasteiger partial charge in [0.15, 0.2) is 0 Å². The van der Waals surface area contributed by atoms with Gasteiger partial charge >= 0.3 is 6.03 Å². The first-order chi connectivity index (χ1) is 13.0. The van der Waals surface area contributed by atoms with Gasteiger partial charge in [0.2, 0.25) is 0 Å². The molecule has 1 saturated heterocycles. The third-order valence-corrected chi connectivity index (χ3v) is 4.88. The molecule has 2 unspecified atom stereocenters. The Morgan fingerprint density at radius 3 is 2.54 bits per heavy atom. The van der Waals surface area contributed by atoms with E-state index in [1.54, 1.807) is 12.1 Å². The van der Waals surface area contributed by atoms with E-state index in [9.17, 15) is 9.59 Å². The molecule has 1 aliphatic heterocycles. The van der Waals surface area contributed by atoms with E-state index in [2.05, 4.69) is 28.2 Å². The highest BCUT2D eigenvalue weighted by Crippen LogP contribution is 2.19. The van der Waals surface area contributed by atoms with Crippen LogP contribution in [0.5, 0.6) is 0 Å². The van der Waals surface area contributed by atoms with Gasteiger partial charge in [0.05, 0.1) is 0 Å². The number of halogens is 1. The molecule has 3 amide bonds. The number of carbonyl (C=O) groups excluding carboxylic acids is 2. The standard InChI is InChI=1S/C21H26N4O2.ClH/c1-14-8-9-16(20(26)24-18-10-11-22-13-15(18)2)12-19(14)25-21(27)23-17-6-4-3-5-7-17;/h3-9,12,15,18,22H,10-11,13H2,1-2H3,(H,24,26)(H2,23,25,27);1H. The van der Waals surface area contributed by atoms with E-state index >= 15 is 0 Å². The summed E-state index contributed by atoms with van der Waals surface area (Å²) >= 11 is 0. The molecule has 1 fully saturated rings. The molecule has 0 spiro atoms. The maximum absolute atomic E-state index is 12.6. The summed E-state index contributed by atoms with van der Waals surface area (Å²) in [5, 5.41) is 12.1. The molecule has 0 saturated carbocycles. The summed E-state index contributed by atoms with van der Waals surface area (Å²) in [4.78, 5) is 24.9. The number of para-hydroxylation sites is 1. The number of benzene rings is 2. The maximum atomic E-state index is 12.6. The first kappa shape index (κ1) is 21.7. The summed E-state index contributed by atoms with van der Waals surface area (Å²) in [5.41, 5.74) is 2.77. The van der Waals surface area contributed by atoms with Gasteiger partial charge in [-0.2, -0.15) is 0 Å². The lowest BCUT2D eigenvalue weighted by Gasteiger charge is -2.30. The van der Waals surface area contributed by atoms with Gasteiger partial charge in [-0.3, -0.25) is 4.79 Å². The summed E-state index contributed by atoms with van der Waals surface area (Å²) in [6.45, 7) is 5.85. The summed E-state index contributed by atoms with van der Waals surface area (Å²) in [6.07, 6.45) is 0.920. The third-order valence-electron chi connectivity index (χ3n) is 4.88. The van der Waals surface area contributed by atoms with Crippen molar-refractivity contribution in [3.8, 4) is 0 Å². The molecule has 28 heavy (non-hydrogen) atoms. The molecule has 2 aromatic carbocycles. The molecule has 4 N–H and O–H groups in total. The molecular formula is C21H27ClN4O2. The molecule has 1 aliphatic rings. The monoisotopic (exact) mass is 402 g/mol. The summed E-state index contributed by atoms with van der Waals surface area (Å²) in [5.74, 6) is 0.280. The van der Waals surface area contributed by atoms with Gasteiger partial charge in [0.1, 0.15) is 0 Å². The molecule has 3 rings (SSSR count). The average Bonchev–Trinajstić information content (AvgIpc) is 2.66. The number of carbonyl (C=O) groups is 2. The third kappa shape index (κ3) is 5.71. The minimum absolute atomic E-state index is 0. The highest BCUT2D eigenvalue weighted by Gasteiger charge is 2.23. The van der Waals surface area contributed by atoms with E-state index < -0.39 is 0 Å². The van der Waals surface area contributed by atoms with Gasteiger partial charge in [0, 0.05) is 23.0 Å². The number of rotatable bonds is 4.